The minimum atomic E-state index is -4.24. The number of hydrogen-bond acceptors (Lipinski definition) is 9. The Morgan fingerprint density at radius 1 is 1.41 bits per heavy atom. The van der Waals surface area contributed by atoms with E-state index < -0.39 is 40.9 Å². The fraction of sp³-hybridized carbons (Fsp3) is 0.667. The third kappa shape index (κ3) is 8.27. The lowest BCUT2D eigenvalue weighted by Crippen LogP contribution is -2.51. The van der Waals surface area contributed by atoms with Gasteiger partial charge < -0.3 is 31.9 Å². The smallest absolute Gasteiger partial charge is 0.324 e. The molecule has 0 bridgehead atoms. The highest BCUT2D eigenvalue weighted by molar-refractivity contribution is 7.87. The molecule has 1 aromatic rings. The van der Waals surface area contributed by atoms with Crippen molar-refractivity contribution in [3.63, 3.8) is 0 Å². The summed E-state index contributed by atoms with van der Waals surface area (Å²) in [6.45, 7) is 1.13. The summed E-state index contributed by atoms with van der Waals surface area (Å²) in [6, 6.07) is -2.27. The molecule has 0 saturated heterocycles. The number of aliphatic hydroxyl groups is 1. The number of aromatic nitrogens is 2. The molecular weight excluding hydrogens is 384 g/mol. The van der Waals surface area contributed by atoms with Crippen LogP contribution < -0.4 is 26.6 Å². The second-order valence-corrected chi connectivity index (χ2v) is 7.13. The number of aliphatic hydroxyl groups excluding tert-OH is 1. The molecule has 0 saturated carbocycles. The Morgan fingerprint density at radius 2 is 2.07 bits per heavy atom. The van der Waals surface area contributed by atoms with Crippen molar-refractivity contribution in [1.29, 1.82) is 0 Å². The molecule has 0 aromatic carbocycles. The zero-order chi connectivity index (χ0) is 20.6. The number of nitrogens with two attached hydrogens (primary N) is 3. The van der Waals surface area contributed by atoms with Crippen LogP contribution in [0.25, 0.3) is 0 Å². The molecule has 14 nitrogen and oxygen atoms in total. The number of aliphatic carboxylic acids is 1. The lowest BCUT2D eigenvalue weighted by atomic mass is 10.1. The molecule has 1 aromatic heterocycles. The van der Waals surface area contributed by atoms with E-state index in [0.29, 0.717) is 19.4 Å². The van der Waals surface area contributed by atoms with E-state index in [-0.39, 0.29) is 17.7 Å². The SMILES string of the molecule is CC(O)C(NS(=O)(=O)NCc1nc([C@@H](N)CCCN=C(N)N)no1)C(=O)O. The average molecular weight is 408 g/mol. The highest BCUT2D eigenvalue weighted by Crippen LogP contribution is 2.12. The van der Waals surface area contributed by atoms with E-state index in [9.17, 15) is 18.3 Å². The van der Waals surface area contributed by atoms with Gasteiger partial charge in [-0.05, 0) is 19.8 Å². The Labute approximate surface area is 155 Å². The van der Waals surface area contributed by atoms with Crippen LogP contribution in [0.3, 0.4) is 0 Å². The third-order valence-electron chi connectivity index (χ3n) is 3.23. The lowest BCUT2D eigenvalue weighted by molar-refractivity contribution is -0.141. The van der Waals surface area contributed by atoms with Gasteiger partial charge in [0.25, 0.3) is 10.2 Å². The molecule has 0 fully saturated rings. The highest BCUT2D eigenvalue weighted by Gasteiger charge is 2.28. The summed E-state index contributed by atoms with van der Waals surface area (Å²) in [6.07, 6.45) is -0.390. The van der Waals surface area contributed by atoms with E-state index in [1.165, 1.54) is 0 Å². The first-order valence-corrected chi connectivity index (χ1v) is 9.31. The summed E-state index contributed by atoms with van der Waals surface area (Å²) < 4.78 is 32.4. The number of carboxylic acid groups (broad SMARTS) is 1. The van der Waals surface area contributed by atoms with E-state index in [0.717, 1.165) is 6.92 Å². The first-order chi connectivity index (χ1) is 12.5. The van der Waals surface area contributed by atoms with E-state index in [1.54, 1.807) is 4.72 Å². The van der Waals surface area contributed by atoms with Crippen molar-refractivity contribution in [1.82, 2.24) is 19.6 Å². The summed E-state index contributed by atoms with van der Waals surface area (Å²) in [5, 5.41) is 21.8. The first-order valence-electron chi connectivity index (χ1n) is 7.83. The van der Waals surface area contributed by atoms with Gasteiger partial charge in [-0.15, -0.1) is 0 Å². The van der Waals surface area contributed by atoms with Gasteiger partial charge in [-0.1, -0.05) is 5.16 Å². The molecule has 1 rings (SSSR count). The molecule has 0 aliphatic rings. The average Bonchev–Trinajstić information content (AvgIpc) is 3.03. The number of carbonyl (C=O) groups is 1. The van der Waals surface area contributed by atoms with Gasteiger partial charge in [0.2, 0.25) is 5.89 Å². The standard InChI is InChI=1S/C12H24N8O6S/c1-6(21)9(11(22)23)20-27(24,25)17-5-8-18-10(19-26-8)7(13)3-2-4-16-12(14)15/h6-7,9,17,20-21H,2-5,13H2,1H3,(H,22,23)(H4,14,15,16)/t6?,7-,9?/m0/s1. The van der Waals surface area contributed by atoms with Gasteiger partial charge in [0.05, 0.1) is 18.7 Å². The molecule has 0 amide bonds. The van der Waals surface area contributed by atoms with E-state index in [1.807, 2.05) is 4.72 Å². The summed E-state index contributed by atoms with van der Waals surface area (Å²) >= 11 is 0. The number of hydrogen-bond donors (Lipinski definition) is 7. The van der Waals surface area contributed by atoms with Crippen LogP contribution in [-0.4, -0.2) is 59.4 Å². The lowest BCUT2D eigenvalue weighted by Gasteiger charge is -2.16. The topological polar surface area (TPSA) is 245 Å². The van der Waals surface area contributed by atoms with Gasteiger partial charge >= 0.3 is 5.97 Å². The Kier molecular flexibility index (Phi) is 8.51. The van der Waals surface area contributed by atoms with Gasteiger partial charge in [-0.25, -0.2) is 0 Å². The van der Waals surface area contributed by atoms with Crippen molar-refractivity contribution in [2.75, 3.05) is 6.54 Å². The fourth-order valence-electron chi connectivity index (χ4n) is 1.86. The zero-order valence-corrected chi connectivity index (χ0v) is 15.4. The van der Waals surface area contributed by atoms with Crippen molar-refractivity contribution in [2.45, 2.75) is 44.5 Å². The normalized spacial score (nSPS) is 15.1. The van der Waals surface area contributed by atoms with Crippen LogP contribution in [0.5, 0.6) is 0 Å². The predicted molar refractivity (Wildman–Crippen MR) is 93.1 cm³/mol. The Hall–Kier alpha value is -2.33. The van der Waals surface area contributed by atoms with Crippen LogP contribution in [0.1, 0.15) is 37.5 Å². The summed E-state index contributed by atoms with van der Waals surface area (Å²) in [7, 11) is -4.24. The van der Waals surface area contributed by atoms with Crippen molar-refractivity contribution < 1.29 is 27.9 Å². The molecule has 27 heavy (non-hydrogen) atoms. The van der Waals surface area contributed by atoms with Crippen molar-refractivity contribution in [2.24, 2.45) is 22.2 Å². The number of nitrogens with zero attached hydrogens (tertiary/aromatic N) is 3. The van der Waals surface area contributed by atoms with Gasteiger partial charge in [-0.3, -0.25) is 9.79 Å². The fourth-order valence-corrected chi connectivity index (χ4v) is 2.89. The minimum Gasteiger partial charge on any atom is -0.480 e. The zero-order valence-electron chi connectivity index (χ0n) is 14.6. The van der Waals surface area contributed by atoms with Crippen LogP contribution in [0.2, 0.25) is 0 Å². The third-order valence-corrected chi connectivity index (χ3v) is 4.32. The molecule has 0 spiro atoms. The van der Waals surface area contributed by atoms with Crippen LogP contribution in [0, 0.1) is 0 Å². The van der Waals surface area contributed by atoms with Crippen LogP contribution in [0.15, 0.2) is 9.52 Å². The number of guanidine groups is 1. The summed E-state index contributed by atoms with van der Waals surface area (Å²) in [4.78, 5) is 18.7. The van der Waals surface area contributed by atoms with Gasteiger partial charge in [0.1, 0.15) is 6.04 Å². The largest absolute Gasteiger partial charge is 0.480 e. The highest BCUT2D eigenvalue weighted by atomic mass is 32.2. The summed E-state index contributed by atoms with van der Waals surface area (Å²) in [5.74, 6) is -1.44. The van der Waals surface area contributed by atoms with Crippen LogP contribution in [-0.2, 0) is 21.5 Å². The molecule has 0 aliphatic heterocycles. The maximum atomic E-state index is 11.8. The molecule has 15 heteroatoms. The number of rotatable bonds is 12. The molecule has 1 heterocycles. The molecule has 3 atom stereocenters. The van der Waals surface area contributed by atoms with E-state index in [2.05, 4.69) is 15.1 Å². The van der Waals surface area contributed by atoms with Gasteiger partial charge in [-0.2, -0.15) is 22.8 Å². The number of nitrogens with one attached hydrogen (secondary N) is 2. The van der Waals surface area contributed by atoms with Crippen molar-refractivity contribution in [3.8, 4) is 0 Å². The van der Waals surface area contributed by atoms with Gasteiger partial charge in [0, 0.05) is 6.54 Å². The Balaban J connectivity index is 2.56. The quantitative estimate of drug-likeness (QED) is 0.103. The second kappa shape index (κ2) is 10.1. The van der Waals surface area contributed by atoms with Crippen molar-refractivity contribution >= 4 is 22.1 Å². The Bertz CT molecular complexity index is 745. The van der Waals surface area contributed by atoms with E-state index >= 15 is 0 Å². The molecule has 0 aliphatic carbocycles. The van der Waals surface area contributed by atoms with Crippen LogP contribution in [0.4, 0.5) is 0 Å². The summed E-state index contributed by atoms with van der Waals surface area (Å²) in [5.41, 5.74) is 16.3. The second-order valence-electron chi connectivity index (χ2n) is 5.60. The molecule has 154 valence electrons. The number of carboxylic acids is 1. The van der Waals surface area contributed by atoms with Crippen LogP contribution >= 0.6 is 0 Å². The minimum absolute atomic E-state index is 0.0213. The predicted octanol–water partition coefficient (Wildman–Crippen LogP) is -3.12. The molecular formula is C12H24N8O6S. The monoisotopic (exact) mass is 408 g/mol. The maximum absolute atomic E-state index is 11.8. The maximum Gasteiger partial charge on any atom is 0.324 e. The Morgan fingerprint density at radius 3 is 2.63 bits per heavy atom. The molecule has 2 unspecified atom stereocenters. The van der Waals surface area contributed by atoms with E-state index in [4.69, 9.17) is 26.8 Å². The van der Waals surface area contributed by atoms with Gasteiger partial charge in [0.15, 0.2) is 11.8 Å². The van der Waals surface area contributed by atoms with Crippen molar-refractivity contribution in [3.05, 3.63) is 11.7 Å². The molecule has 0 radical (unpaired) electrons. The molecule has 10 N–H and O–H groups in total. The number of aliphatic imine (C=N–C) groups is 1. The first kappa shape index (κ1) is 22.7.